The number of nitrogens with zero attached hydrogens (tertiary/aromatic N) is 2. The lowest BCUT2D eigenvalue weighted by atomic mass is 10.1. The van der Waals surface area contributed by atoms with Gasteiger partial charge >= 0.3 is 6.03 Å². The molecule has 2 N–H and O–H groups in total. The molecule has 0 bridgehead atoms. The fraction of sp³-hybridized carbons (Fsp3) is 0.375. The number of urea groups is 1. The molecular formula is C16H22N4O2. The van der Waals surface area contributed by atoms with Crippen LogP contribution in [0.2, 0.25) is 0 Å². The van der Waals surface area contributed by atoms with Crippen molar-refractivity contribution in [2.24, 2.45) is 7.05 Å². The molecule has 118 valence electrons. The summed E-state index contributed by atoms with van der Waals surface area (Å²) in [5, 5.41) is 10.0. The Labute approximate surface area is 130 Å². The average molecular weight is 302 g/mol. The second-order valence-electron chi connectivity index (χ2n) is 5.28. The molecule has 0 atom stereocenters. The van der Waals surface area contributed by atoms with Crippen LogP contribution in [0, 0.1) is 13.8 Å². The van der Waals surface area contributed by atoms with Crippen molar-refractivity contribution in [1.82, 2.24) is 9.78 Å². The lowest BCUT2D eigenvalue weighted by Gasteiger charge is -2.10. The van der Waals surface area contributed by atoms with E-state index in [0.29, 0.717) is 18.8 Å². The summed E-state index contributed by atoms with van der Waals surface area (Å²) in [7, 11) is 3.45. The molecule has 1 aromatic heterocycles. The normalized spacial score (nSPS) is 10.5. The Hall–Kier alpha value is -2.34. The average Bonchev–Trinajstić information content (AvgIpc) is 2.81. The molecule has 0 spiro atoms. The third kappa shape index (κ3) is 4.08. The van der Waals surface area contributed by atoms with Crippen LogP contribution < -0.4 is 10.6 Å². The van der Waals surface area contributed by atoms with Crippen molar-refractivity contribution in [1.29, 1.82) is 0 Å². The molecule has 6 heteroatoms. The third-order valence-corrected chi connectivity index (χ3v) is 3.38. The van der Waals surface area contributed by atoms with Gasteiger partial charge in [-0.3, -0.25) is 10.00 Å². The Balaban J connectivity index is 2.02. The molecule has 0 unspecified atom stereocenters. The molecule has 0 aliphatic heterocycles. The van der Waals surface area contributed by atoms with E-state index in [1.54, 1.807) is 18.8 Å². The Morgan fingerprint density at radius 3 is 2.77 bits per heavy atom. The molecule has 1 aromatic carbocycles. The van der Waals surface area contributed by atoms with Crippen molar-refractivity contribution in [3.8, 4) is 0 Å². The van der Waals surface area contributed by atoms with E-state index in [2.05, 4.69) is 15.7 Å². The third-order valence-electron chi connectivity index (χ3n) is 3.38. The first-order valence-corrected chi connectivity index (χ1v) is 7.16. The molecule has 0 fully saturated rings. The summed E-state index contributed by atoms with van der Waals surface area (Å²) in [6, 6.07) is 7.51. The highest BCUT2D eigenvalue weighted by molar-refractivity contribution is 5.99. The highest BCUT2D eigenvalue weighted by Gasteiger charge is 2.10. The maximum atomic E-state index is 12.1. The van der Waals surface area contributed by atoms with Crippen LogP contribution in [0.5, 0.6) is 0 Å². The van der Waals surface area contributed by atoms with Gasteiger partial charge < -0.3 is 10.1 Å². The first-order chi connectivity index (χ1) is 10.5. The number of rotatable bonds is 5. The number of anilines is 2. The fourth-order valence-corrected chi connectivity index (χ4v) is 2.11. The molecule has 0 radical (unpaired) electrons. The summed E-state index contributed by atoms with van der Waals surface area (Å²) in [5.74, 6) is 0.647. The molecule has 22 heavy (non-hydrogen) atoms. The van der Waals surface area contributed by atoms with E-state index in [4.69, 9.17) is 4.74 Å². The van der Waals surface area contributed by atoms with Crippen molar-refractivity contribution in [2.45, 2.75) is 20.3 Å². The summed E-state index contributed by atoms with van der Waals surface area (Å²) in [6.07, 6.45) is 0.713. The van der Waals surface area contributed by atoms with Gasteiger partial charge in [-0.25, -0.2) is 4.79 Å². The lowest BCUT2D eigenvalue weighted by Crippen LogP contribution is -2.21. The number of benzene rings is 1. The second kappa shape index (κ2) is 7.09. The van der Waals surface area contributed by atoms with Gasteiger partial charge in [0.25, 0.3) is 0 Å². The highest BCUT2D eigenvalue weighted by atomic mass is 16.5. The Morgan fingerprint density at radius 1 is 1.27 bits per heavy atom. The van der Waals surface area contributed by atoms with Crippen LogP contribution in [0.4, 0.5) is 16.3 Å². The fourth-order valence-electron chi connectivity index (χ4n) is 2.11. The number of methoxy groups -OCH3 is 1. The SMILES string of the molecule is COCCc1cc(NC(=O)Nc2cc(C)ccc2C)n(C)n1. The predicted octanol–water partition coefficient (Wildman–Crippen LogP) is 2.87. The van der Waals surface area contributed by atoms with Crippen molar-refractivity contribution in [3.63, 3.8) is 0 Å². The second-order valence-corrected chi connectivity index (χ2v) is 5.28. The lowest BCUT2D eigenvalue weighted by molar-refractivity contribution is 0.201. The Kier molecular flexibility index (Phi) is 5.16. The summed E-state index contributed by atoms with van der Waals surface area (Å²) in [6.45, 7) is 4.55. The number of carbonyl (C=O) groups is 1. The molecule has 2 aromatic rings. The van der Waals surface area contributed by atoms with Crippen molar-refractivity contribution in [3.05, 3.63) is 41.1 Å². The van der Waals surface area contributed by atoms with E-state index in [1.165, 1.54) is 0 Å². The van der Waals surface area contributed by atoms with Gasteiger partial charge in [0.2, 0.25) is 0 Å². The van der Waals surface area contributed by atoms with Crippen LogP contribution in [0.25, 0.3) is 0 Å². The number of hydrogen-bond donors (Lipinski definition) is 2. The van der Waals surface area contributed by atoms with Crippen LogP contribution in [0.3, 0.4) is 0 Å². The minimum Gasteiger partial charge on any atom is -0.384 e. The molecule has 2 amide bonds. The number of aryl methyl sites for hydroxylation is 3. The Bertz CT molecular complexity index is 664. The van der Waals surface area contributed by atoms with E-state index in [0.717, 1.165) is 22.5 Å². The van der Waals surface area contributed by atoms with Gasteiger partial charge in [-0.15, -0.1) is 0 Å². The standard InChI is InChI=1S/C16H22N4O2/c1-11-5-6-12(2)14(9-11)17-16(21)18-15-10-13(7-8-22-4)19-20(15)3/h5-6,9-10H,7-8H2,1-4H3,(H2,17,18,21). The predicted molar refractivity (Wildman–Crippen MR) is 87.3 cm³/mol. The zero-order valence-corrected chi connectivity index (χ0v) is 13.4. The quantitative estimate of drug-likeness (QED) is 0.892. The van der Waals surface area contributed by atoms with E-state index < -0.39 is 0 Å². The number of hydrogen-bond acceptors (Lipinski definition) is 3. The van der Waals surface area contributed by atoms with Crippen LogP contribution in [-0.4, -0.2) is 29.5 Å². The zero-order valence-electron chi connectivity index (χ0n) is 13.4. The smallest absolute Gasteiger partial charge is 0.324 e. The van der Waals surface area contributed by atoms with Gasteiger partial charge in [-0.2, -0.15) is 5.10 Å². The van der Waals surface area contributed by atoms with Gasteiger partial charge in [0, 0.05) is 32.3 Å². The molecule has 0 aliphatic rings. The van der Waals surface area contributed by atoms with E-state index in [1.807, 2.05) is 38.1 Å². The largest absolute Gasteiger partial charge is 0.384 e. The minimum atomic E-state index is -0.282. The summed E-state index contributed by atoms with van der Waals surface area (Å²) >= 11 is 0. The van der Waals surface area contributed by atoms with Gasteiger partial charge in [0.05, 0.1) is 12.3 Å². The molecular weight excluding hydrogens is 280 g/mol. The van der Waals surface area contributed by atoms with Crippen LogP contribution in [-0.2, 0) is 18.2 Å². The summed E-state index contributed by atoms with van der Waals surface area (Å²) < 4.78 is 6.68. The molecule has 0 saturated heterocycles. The van der Waals surface area contributed by atoms with Gasteiger partial charge in [0.15, 0.2) is 0 Å². The Morgan fingerprint density at radius 2 is 2.05 bits per heavy atom. The minimum absolute atomic E-state index is 0.282. The summed E-state index contributed by atoms with van der Waals surface area (Å²) in [4.78, 5) is 12.1. The first kappa shape index (κ1) is 16.0. The van der Waals surface area contributed by atoms with E-state index >= 15 is 0 Å². The number of nitrogens with one attached hydrogen (secondary N) is 2. The van der Waals surface area contributed by atoms with Crippen LogP contribution >= 0.6 is 0 Å². The highest BCUT2D eigenvalue weighted by Crippen LogP contribution is 2.17. The van der Waals surface area contributed by atoms with Crippen LogP contribution in [0.1, 0.15) is 16.8 Å². The van der Waals surface area contributed by atoms with Crippen molar-refractivity contribution >= 4 is 17.5 Å². The zero-order chi connectivity index (χ0) is 16.1. The maximum Gasteiger partial charge on any atom is 0.324 e. The maximum absolute atomic E-state index is 12.1. The van der Waals surface area contributed by atoms with Crippen molar-refractivity contribution < 1.29 is 9.53 Å². The van der Waals surface area contributed by atoms with Gasteiger partial charge in [0.1, 0.15) is 5.82 Å². The molecule has 0 saturated carbocycles. The van der Waals surface area contributed by atoms with E-state index in [-0.39, 0.29) is 6.03 Å². The number of aromatic nitrogens is 2. The van der Waals surface area contributed by atoms with E-state index in [9.17, 15) is 4.79 Å². The number of amides is 2. The monoisotopic (exact) mass is 302 g/mol. The number of ether oxygens (including phenoxy) is 1. The van der Waals surface area contributed by atoms with Gasteiger partial charge in [-0.05, 0) is 31.0 Å². The molecule has 0 aliphatic carbocycles. The molecule has 1 heterocycles. The topological polar surface area (TPSA) is 68.2 Å². The van der Waals surface area contributed by atoms with Gasteiger partial charge in [-0.1, -0.05) is 12.1 Å². The summed E-state index contributed by atoms with van der Waals surface area (Å²) in [5.41, 5.74) is 3.81. The number of carbonyl (C=O) groups excluding carboxylic acids is 1. The first-order valence-electron chi connectivity index (χ1n) is 7.16. The van der Waals surface area contributed by atoms with Crippen molar-refractivity contribution in [2.75, 3.05) is 24.4 Å². The molecule has 6 nitrogen and oxygen atoms in total. The van der Waals surface area contributed by atoms with Crippen LogP contribution in [0.15, 0.2) is 24.3 Å². The molecule has 2 rings (SSSR count).